The van der Waals surface area contributed by atoms with Crippen LogP contribution in [-0.4, -0.2) is 52.7 Å². The van der Waals surface area contributed by atoms with Gasteiger partial charge < -0.3 is 5.32 Å². The van der Waals surface area contributed by atoms with Crippen LogP contribution in [-0.2, 0) is 18.4 Å². The highest BCUT2D eigenvalue weighted by atomic mass is 19.4. The SMILES string of the molecule is Cc1cccc2c1n(-c1ccc(-c3cncc4c3cnn4C)nn1)c(=O)n2CC(=O)NCC(F)(F)F. The van der Waals surface area contributed by atoms with Crippen molar-refractivity contribution in [3.63, 3.8) is 0 Å². The molecule has 4 aromatic heterocycles. The summed E-state index contributed by atoms with van der Waals surface area (Å²) in [7, 11) is 1.80. The van der Waals surface area contributed by atoms with Gasteiger partial charge in [0.2, 0.25) is 5.91 Å². The Morgan fingerprint density at radius 1 is 1.06 bits per heavy atom. The number of fused-ring (bicyclic) bond motifs is 2. The van der Waals surface area contributed by atoms with Crippen molar-refractivity contribution < 1.29 is 18.0 Å². The molecule has 0 spiro atoms. The third-order valence-electron chi connectivity index (χ3n) is 5.77. The number of nitrogens with one attached hydrogen (secondary N) is 1. The van der Waals surface area contributed by atoms with E-state index >= 15 is 0 Å². The molecule has 5 aromatic rings. The summed E-state index contributed by atoms with van der Waals surface area (Å²) in [5, 5.41) is 15.4. The topological polar surface area (TPSA) is 113 Å². The summed E-state index contributed by atoms with van der Waals surface area (Å²) in [6.45, 7) is -0.283. The van der Waals surface area contributed by atoms with Crippen LogP contribution >= 0.6 is 0 Å². The number of alkyl halides is 3. The maximum Gasteiger partial charge on any atom is 0.405 e. The van der Waals surface area contributed by atoms with Crippen molar-refractivity contribution in [3.8, 4) is 17.1 Å². The molecule has 5 rings (SSSR count). The molecule has 0 aliphatic heterocycles. The lowest BCUT2D eigenvalue weighted by Gasteiger charge is -2.08. The number of rotatable bonds is 5. The number of hydrogen-bond donors (Lipinski definition) is 1. The van der Waals surface area contributed by atoms with E-state index in [1.54, 1.807) is 72.9 Å². The minimum Gasteiger partial charge on any atom is -0.345 e. The number of imidazole rings is 1. The van der Waals surface area contributed by atoms with Gasteiger partial charge in [-0.1, -0.05) is 12.1 Å². The van der Waals surface area contributed by atoms with Gasteiger partial charge in [-0.05, 0) is 30.7 Å². The number of aromatic nitrogens is 7. The van der Waals surface area contributed by atoms with Gasteiger partial charge in [-0.25, -0.2) is 9.36 Å². The van der Waals surface area contributed by atoms with E-state index in [2.05, 4.69) is 20.3 Å². The van der Waals surface area contributed by atoms with Gasteiger partial charge >= 0.3 is 11.9 Å². The van der Waals surface area contributed by atoms with Crippen LogP contribution in [0.15, 0.2) is 53.7 Å². The third-order valence-corrected chi connectivity index (χ3v) is 5.77. The van der Waals surface area contributed by atoms with Crippen LogP contribution < -0.4 is 11.0 Å². The number of hydrogen-bond acceptors (Lipinski definition) is 6. The minimum atomic E-state index is -4.56. The van der Waals surface area contributed by atoms with Crippen molar-refractivity contribution in [2.75, 3.05) is 6.54 Å². The highest BCUT2D eigenvalue weighted by Crippen LogP contribution is 2.26. The lowest BCUT2D eigenvalue weighted by Crippen LogP contribution is -2.38. The summed E-state index contributed by atoms with van der Waals surface area (Å²) in [5.41, 5.74) is 3.00. The number of amides is 1. The lowest BCUT2D eigenvalue weighted by molar-refractivity contribution is -0.138. The Morgan fingerprint density at radius 2 is 1.86 bits per heavy atom. The lowest BCUT2D eigenvalue weighted by atomic mass is 10.1. The molecule has 0 atom stereocenters. The molecule has 184 valence electrons. The summed E-state index contributed by atoms with van der Waals surface area (Å²) in [6.07, 6.45) is 0.483. The van der Waals surface area contributed by atoms with E-state index in [4.69, 9.17) is 0 Å². The number of benzene rings is 1. The number of carbonyl (C=O) groups excluding carboxylic acids is 1. The van der Waals surface area contributed by atoms with Gasteiger partial charge in [0.25, 0.3) is 0 Å². The summed E-state index contributed by atoms with van der Waals surface area (Å²) < 4.78 is 41.6. The average molecular weight is 496 g/mol. The quantitative estimate of drug-likeness (QED) is 0.400. The molecule has 0 saturated carbocycles. The van der Waals surface area contributed by atoms with E-state index in [-0.39, 0.29) is 5.82 Å². The molecule has 0 radical (unpaired) electrons. The zero-order chi connectivity index (χ0) is 25.6. The van der Waals surface area contributed by atoms with Gasteiger partial charge in [0.05, 0.1) is 34.6 Å². The fourth-order valence-electron chi connectivity index (χ4n) is 4.09. The Labute approximate surface area is 201 Å². The summed E-state index contributed by atoms with van der Waals surface area (Å²) in [5.74, 6) is -0.739. The Balaban J connectivity index is 1.56. The van der Waals surface area contributed by atoms with E-state index in [9.17, 15) is 22.8 Å². The third kappa shape index (κ3) is 4.08. The molecule has 1 N–H and O–H groups in total. The number of pyridine rings is 1. The molecule has 36 heavy (non-hydrogen) atoms. The average Bonchev–Trinajstić information content (AvgIpc) is 3.36. The van der Waals surface area contributed by atoms with Crippen LogP contribution in [0.2, 0.25) is 0 Å². The van der Waals surface area contributed by atoms with E-state index in [1.165, 1.54) is 4.57 Å². The Bertz CT molecular complexity index is 1670. The largest absolute Gasteiger partial charge is 0.405 e. The van der Waals surface area contributed by atoms with Gasteiger partial charge in [-0.2, -0.15) is 18.3 Å². The van der Waals surface area contributed by atoms with Crippen molar-refractivity contribution in [2.45, 2.75) is 19.6 Å². The summed E-state index contributed by atoms with van der Waals surface area (Å²) in [6, 6.07) is 8.40. The summed E-state index contributed by atoms with van der Waals surface area (Å²) in [4.78, 5) is 29.8. The van der Waals surface area contributed by atoms with E-state index in [0.717, 1.165) is 15.5 Å². The first-order valence-corrected chi connectivity index (χ1v) is 10.8. The fraction of sp³-hybridized carbons (Fsp3) is 0.217. The van der Waals surface area contributed by atoms with E-state index < -0.39 is 30.9 Å². The molecule has 13 heteroatoms. The molecular formula is C23H19F3N8O2. The van der Waals surface area contributed by atoms with Crippen LogP contribution in [0, 0.1) is 6.92 Å². The van der Waals surface area contributed by atoms with Gasteiger partial charge in [-0.3, -0.25) is 19.0 Å². The van der Waals surface area contributed by atoms with Gasteiger partial charge in [0.15, 0.2) is 5.82 Å². The standard InChI is InChI=1S/C23H19F3N8O2/c1-13-4-3-5-17-21(13)34(22(36)33(17)11-20(35)28-12-23(24,25)26)19-7-6-16(30-31-19)14-8-27-10-18-15(14)9-29-32(18)2/h3-10H,11-12H2,1-2H3,(H,28,35). The number of carbonyl (C=O) groups is 1. The van der Waals surface area contributed by atoms with Crippen LogP contribution in [0.3, 0.4) is 0 Å². The molecule has 1 amide bonds. The Morgan fingerprint density at radius 3 is 2.58 bits per heavy atom. The maximum atomic E-state index is 13.3. The molecule has 0 aliphatic rings. The highest BCUT2D eigenvalue weighted by Gasteiger charge is 2.28. The van der Waals surface area contributed by atoms with Crippen molar-refractivity contribution >= 4 is 27.8 Å². The second kappa shape index (κ2) is 8.59. The highest BCUT2D eigenvalue weighted by molar-refractivity contribution is 5.92. The Kier molecular flexibility index (Phi) is 5.54. The van der Waals surface area contributed by atoms with Crippen molar-refractivity contribution in [3.05, 3.63) is 65.0 Å². The minimum absolute atomic E-state index is 0.198. The molecule has 0 unspecified atom stereocenters. The van der Waals surface area contributed by atoms with Gasteiger partial charge in [0, 0.05) is 24.2 Å². The number of nitrogens with zero attached hydrogens (tertiary/aromatic N) is 7. The molecule has 0 bridgehead atoms. The number of halogens is 3. The van der Waals surface area contributed by atoms with Crippen molar-refractivity contribution in [1.29, 1.82) is 0 Å². The predicted octanol–water partition coefficient (Wildman–Crippen LogP) is 2.52. The van der Waals surface area contributed by atoms with E-state index in [0.29, 0.717) is 27.9 Å². The first kappa shape index (κ1) is 23.2. The second-order valence-electron chi connectivity index (χ2n) is 8.20. The van der Waals surface area contributed by atoms with Crippen molar-refractivity contribution in [1.82, 2.24) is 39.4 Å². The van der Waals surface area contributed by atoms with Crippen LogP contribution in [0.5, 0.6) is 0 Å². The number of aryl methyl sites for hydroxylation is 2. The molecule has 0 fully saturated rings. The van der Waals surface area contributed by atoms with Crippen LogP contribution in [0.1, 0.15) is 5.56 Å². The van der Waals surface area contributed by atoms with Crippen molar-refractivity contribution in [2.24, 2.45) is 7.05 Å². The molecule has 4 heterocycles. The number of para-hydroxylation sites is 1. The Hall–Kier alpha value is -4.55. The zero-order valence-corrected chi connectivity index (χ0v) is 19.1. The van der Waals surface area contributed by atoms with Gasteiger partial charge in [0.1, 0.15) is 13.1 Å². The first-order chi connectivity index (χ1) is 17.1. The van der Waals surface area contributed by atoms with Crippen LogP contribution in [0.4, 0.5) is 13.2 Å². The molecule has 0 saturated heterocycles. The van der Waals surface area contributed by atoms with E-state index in [1.807, 2.05) is 0 Å². The van der Waals surface area contributed by atoms with Crippen LogP contribution in [0.25, 0.3) is 39.0 Å². The second-order valence-corrected chi connectivity index (χ2v) is 8.20. The molecule has 10 nitrogen and oxygen atoms in total. The zero-order valence-electron chi connectivity index (χ0n) is 19.1. The fourth-order valence-corrected chi connectivity index (χ4v) is 4.09. The first-order valence-electron chi connectivity index (χ1n) is 10.8. The molecule has 1 aromatic carbocycles. The monoisotopic (exact) mass is 496 g/mol. The normalized spacial score (nSPS) is 11.9. The summed E-state index contributed by atoms with van der Waals surface area (Å²) >= 11 is 0. The molecular weight excluding hydrogens is 477 g/mol. The smallest absolute Gasteiger partial charge is 0.345 e. The molecule has 0 aliphatic carbocycles. The maximum absolute atomic E-state index is 13.3. The predicted molar refractivity (Wildman–Crippen MR) is 124 cm³/mol. The van der Waals surface area contributed by atoms with Gasteiger partial charge in [-0.15, -0.1) is 10.2 Å².